The van der Waals surface area contributed by atoms with Crippen LogP contribution in [0.2, 0.25) is 5.02 Å². The average Bonchev–Trinajstić information content (AvgIpc) is 2.77. The van der Waals surface area contributed by atoms with Gasteiger partial charge in [0.2, 0.25) is 11.8 Å². The molecule has 0 aliphatic rings. The minimum atomic E-state index is -1.38. The van der Waals surface area contributed by atoms with Gasteiger partial charge in [0.15, 0.2) is 0 Å². The molecule has 0 saturated heterocycles. The Hall–Kier alpha value is -3.59. The van der Waals surface area contributed by atoms with E-state index in [0.717, 1.165) is 16.7 Å². The van der Waals surface area contributed by atoms with E-state index in [9.17, 15) is 19.2 Å². The molecule has 2 aromatic carbocycles. The van der Waals surface area contributed by atoms with Crippen molar-refractivity contribution in [2.75, 3.05) is 5.32 Å². The lowest BCUT2D eigenvalue weighted by molar-refractivity contribution is -0.147. The van der Waals surface area contributed by atoms with Crippen molar-refractivity contribution < 1.29 is 23.9 Å². The van der Waals surface area contributed by atoms with E-state index in [1.807, 2.05) is 39.0 Å². The zero-order valence-electron chi connectivity index (χ0n) is 24.8. The van der Waals surface area contributed by atoms with Crippen LogP contribution in [0.5, 0.6) is 0 Å². The predicted octanol–water partition coefficient (Wildman–Crippen LogP) is 5.34. The van der Waals surface area contributed by atoms with E-state index in [2.05, 4.69) is 10.6 Å². The van der Waals surface area contributed by atoms with Crippen molar-refractivity contribution in [2.45, 2.75) is 92.0 Å². The zero-order valence-corrected chi connectivity index (χ0v) is 25.5. The molecule has 0 aliphatic carbocycles. The molecule has 0 aliphatic heterocycles. The van der Waals surface area contributed by atoms with Crippen LogP contribution in [-0.2, 0) is 19.1 Å². The summed E-state index contributed by atoms with van der Waals surface area (Å²) in [4.78, 5) is 54.4. The van der Waals surface area contributed by atoms with Gasteiger partial charge in [0.05, 0.1) is 17.1 Å². The number of alkyl carbamates (subject to hydrolysis) is 1. The number of primary amides is 1. The monoisotopic (exact) mass is 572 g/mol. The Morgan fingerprint density at radius 2 is 1.60 bits per heavy atom. The number of hydrogen-bond acceptors (Lipinski definition) is 5. The van der Waals surface area contributed by atoms with Gasteiger partial charge < -0.3 is 26.0 Å². The molecule has 0 saturated carbocycles. The number of anilines is 1. The zero-order chi connectivity index (χ0) is 30.6. The van der Waals surface area contributed by atoms with Crippen molar-refractivity contribution in [3.63, 3.8) is 0 Å². The fourth-order valence-corrected chi connectivity index (χ4v) is 4.64. The number of aryl methyl sites for hydroxylation is 3. The van der Waals surface area contributed by atoms with E-state index in [0.29, 0.717) is 16.3 Å². The van der Waals surface area contributed by atoms with Gasteiger partial charge in [-0.3, -0.25) is 14.4 Å². The predicted molar refractivity (Wildman–Crippen MR) is 157 cm³/mol. The summed E-state index contributed by atoms with van der Waals surface area (Å²) in [5.41, 5.74) is 7.18. The Morgan fingerprint density at radius 3 is 2.10 bits per heavy atom. The third kappa shape index (κ3) is 8.71. The molecule has 10 heteroatoms. The van der Waals surface area contributed by atoms with Gasteiger partial charge in [-0.2, -0.15) is 0 Å². The Morgan fingerprint density at radius 1 is 0.975 bits per heavy atom. The molecule has 2 atom stereocenters. The maximum absolute atomic E-state index is 14.3. The molecule has 218 valence electrons. The van der Waals surface area contributed by atoms with Crippen LogP contribution in [0, 0.1) is 20.8 Å². The summed E-state index contributed by atoms with van der Waals surface area (Å²) in [5, 5.41) is 5.74. The topological polar surface area (TPSA) is 131 Å². The number of nitrogens with zero attached hydrogens (tertiary/aromatic N) is 1. The molecule has 0 bridgehead atoms. The molecule has 2 unspecified atom stereocenters. The van der Waals surface area contributed by atoms with Crippen LogP contribution in [0.15, 0.2) is 36.4 Å². The number of ether oxygens (including phenoxy) is 1. The summed E-state index contributed by atoms with van der Waals surface area (Å²) in [6, 6.07) is 8.29. The highest BCUT2D eigenvalue weighted by Gasteiger charge is 2.43. The van der Waals surface area contributed by atoms with Crippen LogP contribution in [0.1, 0.15) is 76.3 Å². The molecule has 40 heavy (non-hydrogen) atoms. The molecular weight excluding hydrogens is 532 g/mol. The Balaban J connectivity index is 2.69. The lowest BCUT2D eigenvalue weighted by Crippen LogP contribution is -2.58. The molecule has 4 amide bonds. The maximum Gasteiger partial charge on any atom is 0.408 e. The highest BCUT2D eigenvalue weighted by Crippen LogP contribution is 2.35. The summed E-state index contributed by atoms with van der Waals surface area (Å²) in [7, 11) is 0. The maximum atomic E-state index is 14.3. The number of para-hydroxylation sites is 1. The van der Waals surface area contributed by atoms with Gasteiger partial charge in [0, 0.05) is 5.54 Å². The van der Waals surface area contributed by atoms with Crippen molar-refractivity contribution in [1.29, 1.82) is 0 Å². The quantitative estimate of drug-likeness (QED) is 0.393. The van der Waals surface area contributed by atoms with Crippen molar-refractivity contribution in [1.82, 2.24) is 10.2 Å². The second-order valence-electron chi connectivity index (χ2n) is 11.9. The van der Waals surface area contributed by atoms with Crippen LogP contribution in [-0.4, -0.2) is 45.9 Å². The largest absolute Gasteiger partial charge is 0.444 e. The van der Waals surface area contributed by atoms with E-state index in [-0.39, 0.29) is 0 Å². The molecule has 2 rings (SSSR count). The van der Waals surface area contributed by atoms with Crippen molar-refractivity contribution in [2.24, 2.45) is 5.73 Å². The van der Waals surface area contributed by atoms with Crippen molar-refractivity contribution in [3.8, 4) is 0 Å². The summed E-state index contributed by atoms with van der Waals surface area (Å²) < 4.78 is 5.33. The second-order valence-corrected chi connectivity index (χ2v) is 12.3. The Kier molecular flexibility index (Phi) is 10.4. The Labute approximate surface area is 241 Å². The lowest BCUT2D eigenvalue weighted by Gasteiger charge is -2.43. The summed E-state index contributed by atoms with van der Waals surface area (Å²) in [6.07, 6.45) is -1.38. The third-order valence-corrected chi connectivity index (χ3v) is 6.37. The molecule has 0 heterocycles. The van der Waals surface area contributed by atoms with Gasteiger partial charge in [0.25, 0.3) is 5.91 Å². The van der Waals surface area contributed by atoms with E-state index < -0.39 is 53.5 Å². The molecule has 9 nitrogen and oxygen atoms in total. The number of carbonyl (C=O) groups is 4. The number of halogens is 1. The van der Waals surface area contributed by atoms with Crippen LogP contribution < -0.4 is 16.4 Å². The fourth-order valence-electron chi connectivity index (χ4n) is 4.38. The molecule has 0 radical (unpaired) electrons. The number of benzene rings is 2. The average molecular weight is 573 g/mol. The molecule has 2 aromatic rings. The standard InChI is InChI=1S/C30H41ClN4O5/c1-17-13-14-20(19(3)15-17)25(26(37)34-24-18(2)11-10-12-21(24)31)35(29(4,5)6)27(38)22(16-23(32)36)33-28(39)40-30(7,8)9/h10-15,22,25H,16H2,1-9H3,(H2,32,36)(H,33,39)(H,34,37). The number of hydrogen-bond donors (Lipinski definition) is 3. The highest BCUT2D eigenvalue weighted by atomic mass is 35.5. The van der Waals surface area contributed by atoms with E-state index in [1.165, 1.54) is 4.90 Å². The number of rotatable bonds is 8. The van der Waals surface area contributed by atoms with Gasteiger partial charge in [-0.15, -0.1) is 0 Å². The first-order valence-corrected chi connectivity index (χ1v) is 13.4. The summed E-state index contributed by atoms with van der Waals surface area (Å²) in [6.45, 7) is 15.9. The van der Waals surface area contributed by atoms with Gasteiger partial charge in [-0.05, 0) is 85.1 Å². The first-order chi connectivity index (χ1) is 18.3. The first kappa shape index (κ1) is 32.6. The second kappa shape index (κ2) is 12.7. The smallest absolute Gasteiger partial charge is 0.408 e. The highest BCUT2D eigenvalue weighted by molar-refractivity contribution is 6.34. The number of carbonyl (C=O) groups excluding carboxylic acids is 4. The van der Waals surface area contributed by atoms with Gasteiger partial charge in [-0.1, -0.05) is 47.5 Å². The van der Waals surface area contributed by atoms with Gasteiger partial charge in [-0.25, -0.2) is 4.79 Å². The van der Waals surface area contributed by atoms with Crippen LogP contribution in [0.4, 0.5) is 10.5 Å². The van der Waals surface area contributed by atoms with Crippen LogP contribution in [0.3, 0.4) is 0 Å². The number of amides is 4. The van der Waals surface area contributed by atoms with Crippen LogP contribution >= 0.6 is 11.6 Å². The first-order valence-electron chi connectivity index (χ1n) is 13.1. The number of nitrogens with two attached hydrogens (primary N) is 1. The molecule has 0 spiro atoms. The van der Waals surface area contributed by atoms with Crippen molar-refractivity contribution >= 4 is 41.1 Å². The van der Waals surface area contributed by atoms with Gasteiger partial charge in [0.1, 0.15) is 17.7 Å². The Bertz CT molecular complexity index is 1260. The molecule has 4 N–H and O–H groups in total. The van der Waals surface area contributed by atoms with Crippen molar-refractivity contribution in [3.05, 3.63) is 63.7 Å². The number of nitrogens with one attached hydrogen (secondary N) is 2. The minimum absolute atomic E-state index is 0.347. The van der Waals surface area contributed by atoms with E-state index >= 15 is 0 Å². The summed E-state index contributed by atoms with van der Waals surface area (Å²) in [5.74, 6) is -1.99. The summed E-state index contributed by atoms with van der Waals surface area (Å²) >= 11 is 6.42. The molecule has 0 fully saturated rings. The SMILES string of the molecule is Cc1ccc(C(C(=O)Nc2c(C)cccc2Cl)N(C(=O)C(CC(N)=O)NC(=O)OC(C)(C)C)C(C)(C)C)c(C)c1. The third-order valence-electron chi connectivity index (χ3n) is 6.05. The van der Waals surface area contributed by atoms with E-state index in [1.54, 1.807) is 59.7 Å². The molecule has 0 aromatic heterocycles. The minimum Gasteiger partial charge on any atom is -0.444 e. The normalized spacial score (nSPS) is 13.2. The van der Waals surface area contributed by atoms with Crippen LogP contribution in [0.25, 0.3) is 0 Å². The molecular formula is C30H41ClN4O5. The van der Waals surface area contributed by atoms with Gasteiger partial charge >= 0.3 is 6.09 Å². The fraction of sp³-hybridized carbons (Fsp3) is 0.467. The lowest BCUT2D eigenvalue weighted by atomic mass is 9.91. The van der Waals surface area contributed by atoms with E-state index in [4.69, 9.17) is 22.1 Å².